The molecular weight excluding hydrogens is 1050 g/mol. The van der Waals surface area contributed by atoms with Crippen LogP contribution < -0.4 is 30.7 Å². The Balaban J connectivity index is 0.000000770. The van der Waals surface area contributed by atoms with E-state index in [9.17, 15) is 19.2 Å². The van der Waals surface area contributed by atoms with Crippen LogP contribution in [-0.2, 0) is 28.5 Å². The van der Waals surface area contributed by atoms with Crippen molar-refractivity contribution in [1.29, 1.82) is 0 Å². The molecule has 434 valence electrons. The second-order valence-electron chi connectivity index (χ2n) is 21.7. The number of hydrogen-bond acceptors (Lipinski definition) is 14. The molecule has 2 aromatic carbocycles. The minimum atomic E-state index is -0.675. The third kappa shape index (κ3) is 41.0. The lowest BCUT2D eigenvalue weighted by Crippen LogP contribution is -2.34. The minimum Gasteiger partial charge on any atom is -0.490 e. The van der Waals surface area contributed by atoms with Crippen LogP contribution in [0.15, 0.2) is 48.5 Å². The predicted octanol–water partition coefficient (Wildman–Crippen LogP) is 11.5. The van der Waals surface area contributed by atoms with Crippen LogP contribution in [0.3, 0.4) is 0 Å². The fraction of sp³-hybridized carbons (Fsp3) is 0.661. The van der Waals surface area contributed by atoms with Crippen molar-refractivity contribution < 1.29 is 47.6 Å². The number of benzene rings is 2. The van der Waals surface area contributed by atoms with Gasteiger partial charge in [0.05, 0.1) is 39.5 Å². The fourth-order valence-corrected chi connectivity index (χ4v) is 10.3. The summed E-state index contributed by atoms with van der Waals surface area (Å²) in [5.74, 6) is 14.2. The maximum atomic E-state index is 12.6. The van der Waals surface area contributed by atoms with Crippen LogP contribution in [-0.4, -0.2) is 123 Å². The summed E-state index contributed by atoms with van der Waals surface area (Å²) in [5, 5.41) is 11.4. The topological polar surface area (TPSA) is 172 Å². The molecule has 2 unspecified atom stereocenters. The largest absolute Gasteiger partial charge is 0.490 e. The van der Waals surface area contributed by atoms with Gasteiger partial charge in [0.15, 0.2) is 4.93 Å². The lowest BCUT2D eigenvalue weighted by molar-refractivity contribution is -0.127. The lowest BCUT2D eigenvalue weighted by Gasteiger charge is -2.31. The standard InChI is InChI=1S/C30H48N2O5S2.C29H46N2O5S2/c1-23(2)12-10-16-31-27(33)21-35-18-19-37-30(8,39-38-29(5,6)7)22-36-26-15-9-14-25(20-26)28(34)32-17-11-13-24(3)4;1-22(2)11-9-15-30-26(32)20-34-17-18-35-27(37-38-29(5,6)7)21-36-25-14-8-13-24(19-25)28(33)31-16-10-12-23(3)4/h9,14-15,20,23-24H,11,13,16-19,21-22H2,1-8H3,(H,31,33)(H,32,34);8,13-14,19,22-23,27H,10,12,15-18,20-21H2,1-7H3,(H,30,32)(H,31,33). The Hall–Kier alpha value is -3.72. The first-order valence-electron chi connectivity index (χ1n) is 26.9. The van der Waals surface area contributed by atoms with Crippen LogP contribution in [0.4, 0.5) is 0 Å². The van der Waals surface area contributed by atoms with Crippen LogP contribution in [0, 0.1) is 47.4 Å². The van der Waals surface area contributed by atoms with Gasteiger partial charge in [-0.1, -0.05) is 176 Å². The maximum absolute atomic E-state index is 12.6. The molecule has 0 aliphatic rings. The fourth-order valence-electron chi connectivity index (χ4n) is 5.85. The molecule has 2 atom stereocenters. The van der Waals surface area contributed by atoms with Crippen molar-refractivity contribution in [3.63, 3.8) is 0 Å². The van der Waals surface area contributed by atoms with E-state index < -0.39 is 4.93 Å². The van der Waals surface area contributed by atoms with E-state index in [1.54, 1.807) is 67.4 Å². The van der Waals surface area contributed by atoms with Gasteiger partial charge in [0.2, 0.25) is 11.8 Å². The molecule has 18 heteroatoms. The van der Waals surface area contributed by atoms with Gasteiger partial charge in [-0.15, -0.1) is 0 Å². The van der Waals surface area contributed by atoms with Gasteiger partial charge in [0.25, 0.3) is 11.8 Å². The normalized spacial score (nSPS) is 12.6. The van der Waals surface area contributed by atoms with Crippen LogP contribution in [0.25, 0.3) is 0 Å². The third-order valence-electron chi connectivity index (χ3n) is 9.60. The van der Waals surface area contributed by atoms with Crippen LogP contribution in [0.5, 0.6) is 11.5 Å². The van der Waals surface area contributed by atoms with E-state index in [1.165, 1.54) is 0 Å². The van der Waals surface area contributed by atoms with Crippen molar-refractivity contribution in [3.05, 3.63) is 59.7 Å². The molecule has 0 saturated heterocycles. The zero-order chi connectivity index (χ0) is 57.7. The molecule has 77 heavy (non-hydrogen) atoms. The number of rotatable bonds is 34. The Kier molecular flexibility index (Phi) is 37.5. The molecule has 0 spiro atoms. The second kappa shape index (κ2) is 40.5. The summed E-state index contributed by atoms with van der Waals surface area (Å²) in [4.78, 5) is 48.1. The van der Waals surface area contributed by atoms with Gasteiger partial charge in [-0.2, -0.15) is 0 Å². The summed E-state index contributed by atoms with van der Waals surface area (Å²) in [6, 6.07) is 14.4. The predicted molar refractivity (Wildman–Crippen MR) is 324 cm³/mol. The number of amides is 4. The molecule has 4 amide bonds. The monoisotopic (exact) mass is 1150 g/mol. The van der Waals surface area contributed by atoms with E-state index >= 15 is 0 Å². The lowest BCUT2D eigenvalue weighted by atomic mass is 10.1. The zero-order valence-corrected chi connectivity index (χ0v) is 52.3. The smallest absolute Gasteiger partial charge is 0.251 e. The molecule has 0 aliphatic carbocycles. The Bertz CT molecular complexity index is 2130. The molecule has 0 aliphatic heterocycles. The van der Waals surface area contributed by atoms with Crippen molar-refractivity contribution in [3.8, 4) is 35.2 Å². The van der Waals surface area contributed by atoms with Gasteiger partial charge in [-0.3, -0.25) is 19.2 Å². The Labute approximate surface area is 479 Å². The van der Waals surface area contributed by atoms with E-state index in [0.717, 1.165) is 25.7 Å². The quantitative estimate of drug-likeness (QED) is 0.0226. The van der Waals surface area contributed by atoms with E-state index in [0.29, 0.717) is 80.5 Å². The maximum Gasteiger partial charge on any atom is 0.251 e. The van der Waals surface area contributed by atoms with Crippen molar-refractivity contribution in [2.45, 2.75) is 149 Å². The molecular formula is C59H94N4O10S4. The van der Waals surface area contributed by atoms with Crippen LogP contribution >= 0.6 is 43.2 Å². The summed E-state index contributed by atoms with van der Waals surface area (Å²) in [6.45, 7) is 35.2. The number of hydrogen-bond donors (Lipinski definition) is 4. The highest BCUT2D eigenvalue weighted by molar-refractivity contribution is 8.77. The summed E-state index contributed by atoms with van der Waals surface area (Å²) >= 11 is 0. The average Bonchev–Trinajstić information content (AvgIpc) is 3.35. The Morgan fingerprint density at radius 2 is 1.04 bits per heavy atom. The van der Waals surface area contributed by atoms with E-state index in [-0.39, 0.29) is 83.4 Å². The SMILES string of the molecule is CC(C)C#CCNC(=O)COCCOC(C)(COc1cccc(C(=O)NCCCC(C)C)c1)SSC(C)(C)C.CC(C)C#CCNC(=O)COCCOC(COc1cccc(C(=O)NCCCC(C)C)c1)SSC(C)(C)C. The molecule has 0 fully saturated rings. The van der Waals surface area contributed by atoms with Crippen molar-refractivity contribution in [1.82, 2.24) is 21.3 Å². The number of nitrogens with one attached hydrogen (secondary N) is 4. The van der Waals surface area contributed by atoms with Crippen molar-refractivity contribution >= 4 is 66.8 Å². The molecule has 0 bridgehead atoms. The van der Waals surface area contributed by atoms with E-state index in [2.05, 4.69) is 114 Å². The van der Waals surface area contributed by atoms with Gasteiger partial charge in [0, 0.05) is 45.5 Å². The highest BCUT2D eigenvalue weighted by Gasteiger charge is 2.31. The van der Waals surface area contributed by atoms with Crippen molar-refractivity contribution in [2.75, 3.05) is 79.0 Å². The summed E-state index contributed by atoms with van der Waals surface area (Å²) in [6.07, 6.45) is 4.08. The van der Waals surface area contributed by atoms with E-state index in [1.807, 2.05) is 58.9 Å². The van der Waals surface area contributed by atoms with Gasteiger partial charge < -0.3 is 49.7 Å². The van der Waals surface area contributed by atoms with Crippen LogP contribution in [0.2, 0.25) is 0 Å². The zero-order valence-electron chi connectivity index (χ0n) is 49.0. The molecule has 4 N–H and O–H groups in total. The molecule has 2 aromatic rings. The highest BCUT2D eigenvalue weighted by Crippen LogP contribution is 2.44. The van der Waals surface area contributed by atoms with Gasteiger partial charge >= 0.3 is 0 Å². The van der Waals surface area contributed by atoms with Crippen molar-refractivity contribution in [2.24, 2.45) is 23.7 Å². The van der Waals surface area contributed by atoms with Gasteiger partial charge in [-0.05, 0) is 80.8 Å². The average molecular weight is 1150 g/mol. The third-order valence-corrected chi connectivity index (χ3v) is 17.1. The number of carbonyl (C=O) groups is 4. The summed E-state index contributed by atoms with van der Waals surface area (Å²) in [7, 11) is 6.61. The first-order valence-corrected chi connectivity index (χ1v) is 31.3. The summed E-state index contributed by atoms with van der Waals surface area (Å²) in [5.41, 5.74) is 0.887. The minimum absolute atomic E-state index is 0.0237. The Morgan fingerprint density at radius 3 is 1.49 bits per heavy atom. The van der Waals surface area contributed by atoms with Crippen LogP contribution in [0.1, 0.15) is 150 Å². The highest BCUT2D eigenvalue weighted by atomic mass is 33.1. The molecule has 0 aromatic heterocycles. The Morgan fingerprint density at radius 1 is 0.571 bits per heavy atom. The summed E-state index contributed by atoms with van der Waals surface area (Å²) < 4.78 is 35.2. The number of carbonyl (C=O) groups excluding carboxylic acids is 4. The second-order valence-corrected chi connectivity index (χ2v) is 28.3. The first-order chi connectivity index (χ1) is 36.3. The molecule has 0 heterocycles. The van der Waals surface area contributed by atoms with Gasteiger partial charge in [0.1, 0.15) is 43.4 Å². The molecule has 0 radical (unpaired) electrons. The van der Waals surface area contributed by atoms with Gasteiger partial charge in [-0.25, -0.2) is 0 Å². The molecule has 0 saturated carbocycles. The first kappa shape index (κ1) is 71.3. The number of ether oxygens (including phenoxy) is 6. The molecule has 14 nitrogen and oxygen atoms in total. The molecule has 2 rings (SSSR count). The van der Waals surface area contributed by atoms with E-state index in [4.69, 9.17) is 28.4 Å².